The van der Waals surface area contributed by atoms with Gasteiger partial charge in [0.05, 0.1) is 0 Å². The molecule has 1 aromatic rings. The van der Waals surface area contributed by atoms with E-state index in [1.165, 1.54) is 0 Å². The van der Waals surface area contributed by atoms with E-state index in [1.807, 2.05) is 17.0 Å². The Labute approximate surface area is 183 Å². The molecule has 1 N–H and O–H groups in total. The van der Waals surface area contributed by atoms with Crippen LogP contribution in [0.3, 0.4) is 0 Å². The van der Waals surface area contributed by atoms with E-state index >= 15 is 0 Å². The number of aromatic hydroxyl groups is 1. The number of likely N-dealkylation sites (N-methyl/N-ethyl adjacent to an activating group) is 1. The van der Waals surface area contributed by atoms with Crippen LogP contribution in [-0.4, -0.2) is 77.6 Å². The summed E-state index contributed by atoms with van der Waals surface area (Å²) in [6, 6.07) is 4.30. The Hall–Kier alpha value is -1.59. The van der Waals surface area contributed by atoms with Gasteiger partial charge in [0.1, 0.15) is 5.75 Å². The first-order valence-corrected chi connectivity index (χ1v) is 11.6. The molecule has 0 aliphatic carbocycles. The van der Waals surface area contributed by atoms with Crippen LogP contribution in [0.25, 0.3) is 0 Å². The molecule has 1 aromatic carbocycles. The molecule has 30 heavy (non-hydrogen) atoms. The predicted octanol–water partition coefficient (Wildman–Crippen LogP) is 3.84. The molecular formula is C25H41N3O2. The molecule has 168 valence electrons. The topological polar surface area (TPSA) is 47.0 Å². The van der Waals surface area contributed by atoms with Crippen molar-refractivity contribution in [3.05, 3.63) is 28.8 Å². The zero-order valence-corrected chi connectivity index (χ0v) is 20.1. The number of carbonyl (C=O) groups is 1. The van der Waals surface area contributed by atoms with Gasteiger partial charge in [-0.25, -0.2) is 0 Å². The van der Waals surface area contributed by atoms with Crippen LogP contribution in [0.15, 0.2) is 12.1 Å². The first-order chi connectivity index (χ1) is 13.9. The zero-order chi connectivity index (χ0) is 22.3. The Morgan fingerprint density at radius 1 is 0.967 bits per heavy atom. The lowest BCUT2D eigenvalue weighted by Gasteiger charge is -2.37. The van der Waals surface area contributed by atoms with Crippen molar-refractivity contribution in [1.82, 2.24) is 14.7 Å². The summed E-state index contributed by atoms with van der Waals surface area (Å²) in [7, 11) is 0. The Morgan fingerprint density at radius 2 is 1.50 bits per heavy atom. The van der Waals surface area contributed by atoms with E-state index in [4.69, 9.17) is 0 Å². The summed E-state index contributed by atoms with van der Waals surface area (Å²) in [5.74, 6) is 0.431. The molecule has 3 rings (SSSR count). The van der Waals surface area contributed by atoms with E-state index in [0.29, 0.717) is 17.4 Å². The quantitative estimate of drug-likeness (QED) is 0.815. The summed E-state index contributed by atoms with van der Waals surface area (Å²) in [5, 5.41) is 11.0. The van der Waals surface area contributed by atoms with Crippen molar-refractivity contribution in [2.24, 2.45) is 0 Å². The molecule has 0 radical (unpaired) electrons. The van der Waals surface area contributed by atoms with Crippen molar-refractivity contribution in [2.75, 3.05) is 45.8 Å². The van der Waals surface area contributed by atoms with Crippen LogP contribution in [0, 0.1) is 0 Å². The number of nitrogens with zero attached hydrogens (tertiary/aromatic N) is 3. The van der Waals surface area contributed by atoms with Crippen LogP contribution >= 0.6 is 0 Å². The van der Waals surface area contributed by atoms with Crippen molar-refractivity contribution < 1.29 is 9.90 Å². The number of amides is 1. The van der Waals surface area contributed by atoms with E-state index < -0.39 is 0 Å². The summed E-state index contributed by atoms with van der Waals surface area (Å²) < 4.78 is 0. The number of hydrogen-bond acceptors (Lipinski definition) is 4. The molecule has 1 atom stereocenters. The molecule has 2 heterocycles. The fourth-order valence-electron chi connectivity index (χ4n) is 4.75. The standard InChI is InChI=1S/C25H41N3O2/c1-8-26-11-13-27(14-12-26)19-9-10-28(17-19)23(30)18-15-20(24(2,3)4)22(29)21(16-18)25(5,6)7/h15-16,19,29H,8-14,17H2,1-7H3. The predicted molar refractivity (Wildman–Crippen MR) is 124 cm³/mol. The van der Waals surface area contributed by atoms with Crippen LogP contribution < -0.4 is 0 Å². The SMILES string of the molecule is CCN1CCN(C2CCN(C(=O)c3cc(C(C)(C)C)c(O)c(C(C)(C)C)c3)C2)CC1. The van der Waals surface area contributed by atoms with Gasteiger partial charge in [0.2, 0.25) is 0 Å². The number of phenolic OH excluding ortho intramolecular Hbond substituents is 1. The first kappa shape index (κ1) is 23.1. The molecule has 1 unspecified atom stereocenters. The lowest BCUT2D eigenvalue weighted by atomic mass is 9.78. The van der Waals surface area contributed by atoms with E-state index in [2.05, 4.69) is 58.3 Å². The highest BCUT2D eigenvalue weighted by Crippen LogP contribution is 2.40. The van der Waals surface area contributed by atoms with Gasteiger partial charge in [-0.1, -0.05) is 48.5 Å². The second kappa shape index (κ2) is 8.51. The Balaban J connectivity index is 1.80. The molecule has 1 amide bonds. The smallest absolute Gasteiger partial charge is 0.253 e. The summed E-state index contributed by atoms with van der Waals surface area (Å²) in [5.41, 5.74) is 1.95. The molecule has 2 saturated heterocycles. The Morgan fingerprint density at radius 3 is 1.97 bits per heavy atom. The molecule has 5 nitrogen and oxygen atoms in total. The van der Waals surface area contributed by atoms with Gasteiger partial charge in [0.25, 0.3) is 5.91 Å². The molecule has 2 fully saturated rings. The van der Waals surface area contributed by atoms with Gasteiger partial charge in [0.15, 0.2) is 0 Å². The third kappa shape index (κ3) is 4.83. The molecule has 2 aliphatic heterocycles. The van der Waals surface area contributed by atoms with Gasteiger partial charge in [-0.3, -0.25) is 9.69 Å². The minimum absolute atomic E-state index is 0.0979. The summed E-state index contributed by atoms with van der Waals surface area (Å²) in [4.78, 5) is 20.5. The average molecular weight is 416 g/mol. The number of benzene rings is 1. The molecule has 0 aromatic heterocycles. The van der Waals surface area contributed by atoms with Gasteiger partial charge in [-0.05, 0) is 35.9 Å². The third-order valence-electron chi connectivity index (χ3n) is 6.79. The van der Waals surface area contributed by atoms with Crippen LogP contribution in [-0.2, 0) is 10.8 Å². The lowest BCUT2D eigenvalue weighted by Crippen LogP contribution is -2.51. The van der Waals surface area contributed by atoms with Crippen molar-refractivity contribution >= 4 is 5.91 Å². The number of hydrogen-bond donors (Lipinski definition) is 1. The summed E-state index contributed by atoms with van der Waals surface area (Å²) in [6.45, 7) is 21.9. The Kier molecular flexibility index (Phi) is 6.54. The highest BCUT2D eigenvalue weighted by Gasteiger charge is 2.34. The summed E-state index contributed by atoms with van der Waals surface area (Å²) in [6.07, 6.45) is 1.05. The van der Waals surface area contributed by atoms with Crippen LogP contribution in [0.2, 0.25) is 0 Å². The fraction of sp³-hybridized carbons (Fsp3) is 0.720. The van der Waals surface area contributed by atoms with Crippen molar-refractivity contribution in [3.63, 3.8) is 0 Å². The van der Waals surface area contributed by atoms with Gasteiger partial charge in [-0.2, -0.15) is 0 Å². The number of rotatable bonds is 3. The minimum Gasteiger partial charge on any atom is -0.507 e. The average Bonchev–Trinajstić information content (AvgIpc) is 3.16. The molecule has 2 aliphatic rings. The second-order valence-corrected chi connectivity index (χ2v) is 11.1. The molecule has 5 heteroatoms. The van der Waals surface area contributed by atoms with Crippen molar-refractivity contribution in [2.45, 2.75) is 71.8 Å². The van der Waals surface area contributed by atoms with Crippen molar-refractivity contribution in [1.29, 1.82) is 0 Å². The summed E-state index contributed by atoms with van der Waals surface area (Å²) >= 11 is 0. The lowest BCUT2D eigenvalue weighted by molar-refractivity contribution is 0.0745. The minimum atomic E-state index is -0.229. The third-order valence-corrected chi connectivity index (χ3v) is 6.79. The molecule has 0 bridgehead atoms. The first-order valence-electron chi connectivity index (χ1n) is 11.6. The number of carbonyl (C=O) groups excluding carboxylic acids is 1. The number of likely N-dealkylation sites (tertiary alicyclic amines) is 1. The maximum Gasteiger partial charge on any atom is 0.253 e. The molecule has 0 saturated carbocycles. The Bertz CT molecular complexity index is 733. The maximum atomic E-state index is 13.5. The van der Waals surface area contributed by atoms with Gasteiger partial charge in [-0.15, -0.1) is 0 Å². The highest BCUT2D eigenvalue weighted by atomic mass is 16.3. The van der Waals surface area contributed by atoms with Gasteiger partial charge < -0.3 is 14.9 Å². The van der Waals surface area contributed by atoms with Gasteiger partial charge >= 0.3 is 0 Å². The maximum absolute atomic E-state index is 13.5. The molecule has 0 spiro atoms. The van der Waals surface area contributed by atoms with Gasteiger partial charge in [0, 0.05) is 62.0 Å². The zero-order valence-electron chi connectivity index (χ0n) is 20.1. The normalized spacial score (nSPS) is 22.0. The van der Waals surface area contributed by atoms with Crippen molar-refractivity contribution in [3.8, 4) is 5.75 Å². The van der Waals surface area contributed by atoms with Crippen LogP contribution in [0.4, 0.5) is 0 Å². The van der Waals surface area contributed by atoms with Crippen LogP contribution in [0.1, 0.15) is 76.4 Å². The second-order valence-electron chi connectivity index (χ2n) is 11.1. The number of piperazine rings is 1. The van der Waals surface area contributed by atoms with E-state index in [1.54, 1.807) is 0 Å². The molecular weight excluding hydrogens is 374 g/mol. The fourth-order valence-corrected chi connectivity index (χ4v) is 4.75. The highest BCUT2D eigenvalue weighted by molar-refractivity contribution is 5.95. The van der Waals surface area contributed by atoms with E-state index in [9.17, 15) is 9.90 Å². The largest absolute Gasteiger partial charge is 0.507 e. The van der Waals surface area contributed by atoms with E-state index in [-0.39, 0.29) is 16.7 Å². The monoisotopic (exact) mass is 415 g/mol. The van der Waals surface area contributed by atoms with E-state index in [0.717, 1.165) is 63.4 Å². The number of phenols is 1. The van der Waals surface area contributed by atoms with Crippen LogP contribution in [0.5, 0.6) is 5.75 Å².